The maximum Gasteiger partial charge on any atom is 0.161 e. The topological polar surface area (TPSA) is 25.8 Å². The van der Waals surface area contributed by atoms with E-state index < -0.39 is 0 Å². The van der Waals surface area contributed by atoms with E-state index in [-0.39, 0.29) is 5.41 Å². The highest BCUT2D eigenvalue weighted by Crippen LogP contribution is 2.69. The van der Waals surface area contributed by atoms with E-state index in [1.165, 1.54) is 48.8 Å². The Kier molecular flexibility index (Phi) is 4.26. The highest BCUT2D eigenvalue weighted by atomic mass is 14.9. The molecule has 5 aromatic rings. The number of benzene rings is 4. The fraction of sp³-hybridized carbons (Fsp3) is 0.278. The molecule has 5 aliphatic rings. The Balaban J connectivity index is 1.32. The molecule has 4 fully saturated rings. The highest BCUT2D eigenvalue weighted by Gasteiger charge is 2.61. The first-order valence-electron chi connectivity index (χ1n) is 14.4. The van der Waals surface area contributed by atoms with Crippen molar-refractivity contribution >= 4 is 10.9 Å². The van der Waals surface area contributed by atoms with Crippen LogP contribution in [0.25, 0.3) is 44.7 Å². The second kappa shape index (κ2) is 7.63. The first kappa shape index (κ1) is 21.2. The molecule has 0 unspecified atom stereocenters. The SMILES string of the molecule is c1ccc(-c2nc(-c3cccc4c3-c3ccccc3C43C4CC5CC(C4)CC3C5)nc3ccccc23)cc1. The van der Waals surface area contributed by atoms with Crippen LogP contribution >= 0.6 is 0 Å². The fourth-order valence-electron chi connectivity index (χ4n) is 9.40. The minimum Gasteiger partial charge on any atom is -0.228 e. The molecule has 2 heteroatoms. The summed E-state index contributed by atoms with van der Waals surface area (Å²) in [7, 11) is 0. The molecule has 4 aromatic carbocycles. The van der Waals surface area contributed by atoms with E-state index in [0.717, 1.165) is 51.7 Å². The quantitative estimate of drug-likeness (QED) is 0.247. The van der Waals surface area contributed by atoms with Gasteiger partial charge in [0.05, 0.1) is 11.2 Å². The zero-order valence-corrected chi connectivity index (χ0v) is 21.5. The van der Waals surface area contributed by atoms with E-state index in [9.17, 15) is 0 Å². The number of fused-ring (bicyclic) bond motifs is 4. The largest absolute Gasteiger partial charge is 0.228 e. The molecule has 1 spiro atoms. The Hall–Kier alpha value is -3.78. The number of nitrogens with zero attached hydrogens (tertiary/aromatic N) is 2. The molecular formula is C36H30N2. The number of aromatic nitrogens is 2. The molecule has 0 radical (unpaired) electrons. The van der Waals surface area contributed by atoms with Gasteiger partial charge in [-0.05, 0) is 84.1 Å². The molecule has 184 valence electrons. The van der Waals surface area contributed by atoms with Crippen molar-refractivity contribution in [2.45, 2.75) is 37.5 Å². The summed E-state index contributed by atoms with van der Waals surface area (Å²) < 4.78 is 0. The van der Waals surface area contributed by atoms with Gasteiger partial charge in [0.15, 0.2) is 5.82 Å². The van der Waals surface area contributed by atoms with E-state index >= 15 is 0 Å². The first-order valence-corrected chi connectivity index (χ1v) is 14.4. The number of para-hydroxylation sites is 1. The Morgan fingerprint density at radius 3 is 2.03 bits per heavy atom. The van der Waals surface area contributed by atoms with Gasteiger partial charge in [-0.15, -0.1) is 0 Å². The van der Waals surface area contributed by atoms with Crippen molar-refractivity contribution in [1.82, 2.24) is 9.97 Å². The molecule has 1 heterocycles. The average Bonchev–Trinajstić information content (AvgIpc) is 3.26. The zero-order valence-electron chi connectivity index (χ0n) is 21.5. The molecule has 0 atom stereocenters. The first-order chi connectivity index (χ1) is 18.8. The summed E-state index contributed by atoms with van der Waals surface area (Å²) in [5.74, 6) is 4.25. The van der Waals surface area contributed by atoms with Crippen LogP contribution in [0.1, 0.15) is 43.2 Å². The number of hydrogen-bond acceptors (Lipinski definition) is 2. The standard InChI is InChI=1S/C36H30N2/c1-2-9-24(10-3-1)34-28-12-5-7-16-32(28)37-35(38-34)29-13-8-15-31-33(29)27-11-4-6-14-30(27)36(31)25-18-22-17-23(20-25)21-26(36)19-22/h1-16,22-23,25-26H,17-21H2. The van der Waals surface area contributed by atoms with Gasteiger partial charge < -0.3 is 0 Å². The van der Waals surface area contributed by atoms with Gasteiger partial charge in [0, 0.05) is 21.9 Å². The summed E-state index contributed by atoms with van der Waals surface area (Å²) in [5.41, 5.74) is 10.5. The van der Waals surface area contributed by atoms with E-state index in [4.69, 9.17) is 9.97 Å². The maximum atomic E-state index is 5.31. The molecule has 0 aliphatic heterocycles. The van der Waals surface area contributed by atoms with Crippen LogP contribution in [-0.4, -0.2) is 9.97 Å². The van der Waals surface area contributed by atoms with Crippen LogP contribution in [0.15, 0.2) is 97.1 Å². The van der Waals surface area contributed by atoms with E-state index in [1.54, 1.807) is 11.1 Å². The molecule has 0 saturated heterocycles. The lowest BCUT2D eigenvalue weighted by Crippen LogP contribution is -2.55. The van der Waals surface area contributed by atoms with Crippen LogP contribution in [0.2, 0.25) is 0 Å². The lowest BCUT2D eigenvalue weighted by atomic mass is 9.43. The van der Waals surface area contributed by atoms with Gasteiger partial charge in [-0.1, -0.05) is 91.0 Å². The molecule has 2 nitrogen and oxygen atoms in total. The summed E-state index contributed by atoms with van der Waals surface area (Å²) in [4.78, 5) is 10.5. The van der Waals surface area contributed by atoms with E-state index in [0.29, 0.717) is 0 Å². The third-order valence-electron chi connectivity index (χ3n) is 10.5. The van der Waals surface area contributed by atoms with Gasteiger partial charge in [0.2, 0.25) is 0 Å². The Bertz CT molecular complexity index is 1710. The smallest absolute Gasteiger partial charge is 0.161 e. The van der Waals surface area contributed by atoms with Crippen LogP contribution < -0.4 is 0 Å². The van der Waals surface area contributed by atoms with Gasteiger partial charge in [-0.2, -0.15) is 0 Å². The third kappa shape index (κ3) is 2.68. The van der Waals surface area contributed by atoms with Crippen molar-refractivity contribution in [1.29, 1.82) is 0 Å². The summed E-state index contributed by atoms with van der Waals surface area (Å²) in [6.45, 7) is 0. The molecule has 38 heavy (non-hydrogen) atoms. The van der Waals surface area contributed by atoms with Gasteiger partial charge in [-0.3, -0.25) is 0 Å². The Morgan fingerprint density at radius 1 is 0.553 bits per heavy atom. The van der Waals surface area contributed by atoms with Crippen molar-refractivity contribution in [3.8, 4) is 33.8 Å². The van der Waals surface area contributed by atoms with Gasteiger partial charge in [0.1, 0.15) is 0 Å². The summed E-state index contributed by atoms with van der Waals surface area (Å²) in [6, 6.07) is 35.4. The summed E-state index contributed by atoms with van der Waals surface area (Å²) >= 11 is 0. The van der Waals surface area contributed by atoms with Crippen LogP contribution in [0.4, 0.5) is 0 Å². The Morgan fingerprint density at radius 2 is 1.21 bits per heavy atom. The predicted molar refractivity (Wildman–Crippen MR) is 154 cm³/mol. The summed E-state index contributed by atoms with van der Waals surface area (Å²) in [6.07, 6.45) is 7.07. The van der Waals surface area contributed by atoms with Crippen molar-refractivity contribution in [3.63, 3.8) is 0 Å². The predicted octanol–water partition coefficient (Wildman–Crippen LogP) is 8.69. The molecule has 1 aromatic heterocycles. The molecule has 0 amide bonds. The lowest BCUT2D eigenvalue weighted by molar-refractivity contribution is -0.0399. The lowest BCUT2D eigenvalue weighted by Gasteiger charge is -2.61. The monoisotopic (exact) mass is 490 g/mol. The average molecular weight is 491 g/mol. The minimum absolute atomic E-state index is 0.161. The fourth-order valence-corrected chi connectivity index (χ4v) is 9.40. The van der Waals surface area contributed by atoms with Crippen LogP contribution in [0.5, 0.6) is 0 Å². The molecule has 5 aliphatic carbocycles. The normalized spacial score (nSPS) is 28.1. The highest BCUT2D eigenvalue weighted by molar-refractivity contribution is 5.96. The van der Waals surface area contributed by atoms with E-state index in [2.05, 4.69) is 97.1 Å². The Labute approximate surface area is 223 Å². The zero-order chi connectivity index (χ0) is 24.8. The third-order valence-corrected chi connectivity index (χ3v) is 10.5. The van der Waals surface area contributed by atoms with Gasteiger partial charge in [-0.25, -0.2) is 9.97 Å². The van der Waals surface area contributed by atoms with E-state index in [1.807, 2.05) is 0 Å². The summed E-state index contributed by atoms with van der Waals surface area (Å²) in [5, 5.41) is 1.10. The van der Waals surface area contributed by atoms with Crippen molar-refractivity contribution in [2.24, 2.45) is 23.7 Å². The number of hydrogen-bond donors (Lipinski definition) is 0. The van der Waals surface area contributed by atoms with Gasteiger partial charge >= 0.3 is 0 Å². The van der Waals surface area contributed by atoms with Crippen molar-refractivity contribution < 1.29 is 0 Å². The molecule has 10 rings (SSSR count). The van der Waals surface area contributed by atoms with Gasteiger partial charge in [0.25, 0.3) is 0 Å². The van der Waals surface area contributed by atoms with Crippen molar-refractivity contribution in [3.05, 3.63) is 108 Å². The minimum atomic E-state index is 0.161. The van der Waals surface area contributed by atoms with Crippen LogP contribution in [0, 0.1) is 23.7 Å². The van der Waals surface area contributed by atoms with Crippen LogP contribution in [0.3, 0.4) is 0 Å². The van der Waals surface area contributed by atoms with Crippen molar-refractivity contribution in [2.75, 3.05) is 0 Å². The molecular weight excluding hydrogens is 460 g/mol. The molecule has 4 bridgehead atoms. The van der Waals surface area contributed by atoms with Crippen LogP contribution in [-0.2, 0) is 5.41 Å². The molecule has 4 saturated carbocycles. The maximum absolute atomic E-state index is 5.31. The second-order valence-electron chi connectivity index (χ2n) is 12.2. The molecule has 0 N–H and O–H groups in total. The number of rotatable bonds is 2. The second-order valence-corrected chi connectivity index (χ2v) is 12.2.